The van der Waals surface area contributed by atoms with E-state index < -0.39 is 18.3 Å². The Bertz CT molecular complexity index is 802. The van der Waals surface area contributed by atoms with Crippen LogP contribution in [0.25, 0.3) is 0 Å². The maximum Gasteiger partial charge on any atom is 0.495 e. The van der Waals surface area contributed by atoms with Gasteiger partial charge in [-0.15, -0.1) is 0 Å². The van der Waals surface area contributed by atoms with E-state index in [9.17, 15) is 0 Å². The molecule has 4 nitrogen and oxygen atoms in total. The number of benzene rings is 2. The van der Waals surface area contributed by atoms with Gasteiger partial charge < -0.3 is 18.8 Å². The van der Waals surface area contributed by atoms with Crippen LogP contribution in [0.2, 0.25) is 10.0 Å². The summed E-state index contributed by atoms with van der Waals surface area (Å²) in [4.78, 5) is 0. The van der Waals surface area contributed by atoms with Crippen molar-refractivity contribution < 1.29 is 18.8 Å². The summed E-state index contributed by atoms with van der Waals surface area (Å²) in [5, 5.41) is 1.05. The van der Waals surface area contributed by atoms with E-state index in [1.54, 1.807) is 25.3 Å². The minimum atomic E-state index is -0.484. The van der Waals surface area contributed by atoms with Crippen molar-refractivity contribution in [2.75, 3.05) is 7.11 Å². The minimum absolute atomic E-state index is 0.299. The second kappa shape index (κ2) is 7.55. The van der Waals surface area contributed by atoms with Crippen molar-refractivity contribution in [2.24, 2.45) is 0 Å². The van der Waals surface area contributed by atoms with Gasteiger partial charge in [0.1, 0.15) is 18.1 Å². The molecule has 27 heavy (non-hydrogen) atoms. The average Bonchev–Trinajstić information content (AvgIpc) is 2.79. The third-order valence-corrected chi connectivity index (χ3v) is 5.52. The van der Waals surface area contributed by atoms with Crippen LogP contribution in [0, 0.1) is 0 Å². The maximum atomic E-state index is 6.19. The fourth-order valence-electron chi connectivity index (χ4n) is 2.81. The van der Waals surface area contributed by atoms with Crippen LogP contribution in [0.1, 0.15) is 33.3 Å². The molecule has 0 amide bonds. The molecule has 1 saturated heterocycles. The molecule has 144 valence electrons. The number of hydrogen-bond donors (Lipinski definition) is 0. The predicted molar refractivity (Wildman–Crippen MR) is 110 cm³/mol. The second-order valence-electron chi connectivity index (χ2n) is 7.55. The molecule has 0 spiro atoms. The van der Waals surface area contributed by atoms with E-state index in [1.165, 1.54) is 0 Å². The zero-order valence-corrected chi connectivity index (χ0v) is 17.6. The summed E-state index contributed by atoms with van der Waals surface area (Å²) in [6.45, 7) is 8.41. The van der Waals surface area contributed by atoms with Crippen LogP contribution in [-0.2, 0) is 15.9 Å². The Morgan fingerprint density at radius 3 is 2.04 bits per heavy atom. The van der Waals surface area contributed by atoms with Crippen LogP contribution >= 0.6 is 23.2 Å². The van der Waals surface area contributed by atoms with E-state index in [-0.39, 0.29) is 0 Å². The fraction of sp³-hybridized carbons (Fsp3) is 0.400. The fourth-order valence-corrected chi connectivity index (χ4v) is 3.31. The Labute approximate surface area is 170 Å². The quantitative estimate of drug-likeness (QED) is 0.660. The Hall–Kier alpha value is -1.40. The molecule has 1 heterocycles. The third kappa shape index (κ3) is 4.38. The Balaban J connectivity index is 1.88. The maximum absolute atomic E-state index is 6.19. The molecule has 0 saturated carbocycles. The predicted octanol–water partition coefficient (Wildman–Crippen LogP) is 4.88. The first-order chi connectivity index (χ1) is 12.6. The van der Waals surface area contributed by atoms with E-state index in [2.05, 4.69) is 0 Å². The van der Waals surface area contributed by atoms with Crippen LogP contribution in [0.15, 0.2) is 36.4 Å². The zero-order chi connectivity index (χ0) is 19.8. The van der Waals surface area contributed by atoms with Gasteiger partial charge in [0, 0.05) is 10.0 Å². The lowest BCUT2D eigenvalue weighted by molar-refractivity contribution is 0.00578. The van der Waals surface area contributed by atoms with Crippen LogP contribution in [0.3, 0.4) is 0 Å². The molecule has 7 heteroatoms. The Morgan fingerprint density at radius 1 is 0.889 bits per heavy atom. The highest BCUT2D eigenvalue weighted by Gasteiger charge is 2.52. The zero-order valence-electron chi connectivity index (χ0n) is 16.1. The standard InChI is InChI=1S/C20H23BCl2O4/c1-19(2)20(3,4)27-21(26-19)18-7-6-16(24-5)8-13(18)12-25-17-10-14(22)9-15(23)11-17/h6-11H,12H2,1-5H3. The molecule has 0 unspecified atom stereocenters. The van der Waals surface area contributed by atoms with Gasteiger partial charge in [0.25, 0.3) is 0 Å². The van der Waals surface area contributed by atoms with Gasteiger partial charge in [-0.1, -0.05) is 29.3 Å². The molecular weight excluding hydrogens is 386 g/mol. The first-order valence-electron chi connectivity index (χ1n) is 8.73. The van der Waals surface area contributed by atoms with Crippen LogP contribution in [0.4, 0.5) is 0 Å². The van der Waals surface area contributed by atoms with E-state index in [1.807, 2.05) is 45.9 Å². The van der Waals surface area contributed by atoms with Crippen molar-refractivity contribution in [3.8, 4) is 11.5 Å². The van der Waals surface area contributed by atoms with E-state index in [0.29, 0.717) is 22.4 Å². The van der Waals surface area contributed by atoms with Crippen molar-refractivity contribution in [3.63, 3.8) is 0 Å². The Morgan fingerprint density at radius 2 is 1.48 bits per heavy atom. The molecule has 0 bridgehead atoms. The molecule has 1 aliphatic rings. The average molecular weight is 409 g/mol. The molecule has 3 rings (SSSR count). The molecular formula is C20H23BCl2O4. The van der Waals surface area contributed by atoms with Crippen LogP contribution in [-0.4, -0.2) is 25.4 Å². The highest BCUT2D eigenvalue weighted by Crippen LogP contribution is 2.37. The highest BCUT2D eigenvalue weighted by atomic mass is 35.5. The van der Waals surface area contributed by atoms with Crippen LogP contribution < -0.4 is 14.9 Å². The number of hydrogen-bond acceptors (Lipinski definition) is 4. The SMILES string of the molecule is COc1ccc(B2OC(C)(C)C(C)(C)O2)c(COc2cc(Cl)cc(Cl)c2)c1. The topological polar surface area (TPSA) is 36.9 Å². The number of halogens is 2. The molecule has 1 fully saturated rings. The lowest BCUT2D eigenvalue weighted by Crippen LogP contribution is -2.41. The molecule has 0 radical (unpaired) electrons. The smallest absolute Gasteiger partial charge is 0.495 e. The van der Waals surface area contributed by atoms with Crippen molar-refractivity contribution in [1.82, 2.24) is 0 Å². The first-order valence-corrected chi connectivity index (χ1v) is 9.48. The first kappa shape index (κ1) is 20.3. The normalized spacial score (nSPS) is 17.8. The summed E-state index contributed by atoms with van der Waals surface area (Å²) in [5.41, 5.74) is 0.971. The summed E-state index contributed by atoms with van der Waals surface area (Å²) in [7, 11) is 1.15. The Kier molecular flexibility index (Phi) is 5.69. The van der Waals surface area contributed by atoms with E-state index in [0.717, 1.165) is 16.8 Å². The van der Waals surface area contributed by atoms with Gasteiger partial charge in [0.15, 0.2) is 0 Å². The number of methoxy groups -OCH3 is 1. The molecule has 2 aromatic carbocycles. The van der Waals surface area contributed by atoms with Gasteiger partial charge in [-0.3, -0.25) is 0 Å². The summed E-state index contributed by atoms with van der Waals surface area (Å²) in [6, 6.07) is 10.9. The lowest BCUT2D eigenvalue weighted by atomic mass is 9.76. The lowest BCUT2D eigenvalue weighted by Gasteiger charge is -2.32. The van der Waals surface area contributed by atoms with E-state index in [4.69, 9.17) is 42.0 Å². The van der Waals surface area contributed by atoms with Crippen molar-refractivity contribution in [3.05, 3.63) is 52.0 Å². The molecule has 1 aliphatic heterocycles. The minimum Gasteiger partial charge on any atom is -0.497 e. The molecule has 0 aromatic heterocycles. The summed E-state index contributed by atoms with van der Waals surface area (Å²) >= 11 is 12.1. The summed E-state index contributed by atoms with van der Waals surface area (Å²) in [6.07, 6.45) is 0. The molecule has 0 N–H and O–H groups in total. The van der Waals surface area contributed by atoms with Crippen LogP contribution in [0.5, 0.6) is 11.5 Å². The summed E-state index contributed by atoms with van der Waals surface area (Å²) < 4.78 is 23.7. The summed E-state index contributed by atoms with van der Waals surface area (Å²) in [5.74, 6) is 1.33. The highest BCUT2D eigenvalue weighted by molar-refractivity contribution is 6.62. The number of rotatable bonds is 5. The molecule has 2 aromatic rings. The monoisotopic (exact) mass is 408 g/mol. The third-order valence-electron chi connectivity index (χ3n) is 5.09. The van der Waals surface area contributed by atoms with E-state index >= 15 is 0 Å². The largest absolute Gasteiger partial charge is 0.497 e. The number of ether oxygens (including phenoxy) is 2. The second-order valence-corrected chi connectivity index (χ2v) is 8.42. The van der Waals surface area contributed by atoms with Gasteiger partial charge in [-0.25, -0.2) is 0 Å². The molecule has 0 atom stereocenters. The van der Waals surface area contributed by atoms with Gasteiger partial charge in [-0.2, -0.15) is 0 Å². The van der Waals surface area contributed by atoms with Gasteiger partial charge >= 0.3 is 7.12 Å². The molecule has 0 aliphatic carbocycles. The van der Waals surface area contributed by atoms with Gasteiger partial charge in [-0.05, 0) is 69.1 Å². The van der Waals surface area contributed by atoms with Crippen molar-refractivity contribution >= 4 is 35.8 Å². The van der Waals surface area contributed by atoms with Gasteiger partial charge in [0.05, 0.1) is 18.3 Å². The van der Waals surface area contributed by atoms with Gasteiger partial charge in [0.2, 0.25) is 0 Å². The van der Waals surface area contributed by atoms with Crippen molar-refractivity contribution in [2.45, 2.75) is 45.5 Å². The van der Waals surface area contributed by atoms with Crippen molar-refractivity contribution in [1.29, 1.82) is 0 Å².